The van der Waals surface area contributed by atoms with Gasteiger partial charge in [0.15, 0.2) is 0 Å². The summed E-state index contributed by atoms with van der Waals surface area (Å²) in [6, 6.07) is 6.68. The maximum Gasteiger partial charge on any atom is 0.341 e. The summed E-state index contributed by atoms with van der Waals surface area (Å²) in [6.07, 6.45) is 3.35. The van der Waals surface area contributed by atoms with E-state index in [-0.39, 0.29) is 16.6 Å². The average Bonchev–Trinajstić information content (AvgIpc) is 3.20. The molecule has 0 amide bonds. The number of halogens is 2. The fourth-order valence-corrected chi connectivity index (χ4v) is 3.72. The Morgan fingerprint density at radius 1 is 1.19 bits per heavy atom. The third-order valence-electron chi connectivity index (χ3n) is 4.07. The Morgan fingerprint density at radius 2 is 1.90 bits per heavy atom. The molecule has 4 nitrogen and oxygen atoms in total. The molecule has 1 saturated heterocycles. The van der Waals surface area contributed by atoms with Crippen LogP contribution in [0.15, 0.2) is 29.2 Å². The minimum Gasteiger partial charge on any atom is -0.380 e. The van der Waals surface area contributed by atoms with Crippen molar-refractivity contribution in [3.05, 3.63) is 24.3 Å². The minimum absolute atomic E-state index is 0.111. The monoisotopic (exact) mass is 316 g/mol. The van der Waals surface area contributed by atoms with Gasteiger partial charge in [-0.3, -0.25) is 4.90 Å². The second kappa shape index (κ2) is 5.53. The Kier molecular flexibility index (Phi) is 3.88. The molecule has 0 aromatic heterocycles. The second-order valence-electron chi connectivity index (χ2n) is 5.66. The van der Waals surface area contributed by atoms with Crippen LogP contribution in [0.4, 0.5) is 14.5 Å². The molecule has 2 fully saturated rings. The van der Waals surface area contributed by atoms with E-state index < -0.39 is 15.6 Å². The number of anilines is 1. The van der Waals surface area contributed by atoms with Crippen molar-refractivity contribution in [1.82, 2.24) is 4.90 Å². The molecule has 1 saturated carbocycles. The van der Waals surface area contributed by atoms with Crippen LogP contribution in [0.5, 0.6) is 0 Å². The number of rotatable bonds is 5. The number of benzene rings is 1. The minimum atomic E-state index is -4.58. The van der Waals surface area contributed by atoms with E-state index in [1.54, 1.807) is 12.1 Å². The average molecular weight is 316 g/mol. The zero-order valence-electron chi connectivity index (χ0n) is 11.5. The molecule has 1 aliphatic carbocycles. The first-order valence-corrected chi connectivity index (χ1v) is 8.65. The Bertz CT molecular complexity index is 617. The van der Waals surface area contributed by atoms with Crippen LogP contribution in [0.1, 0.15) is 19.3 Å². The smallest absolute Gasteiger partial charge is 0.341 e. The molecule has 1 N–H and O–H groups in total. The first-order chi connectivity index (χ1) is 9.98. The summed E-state index contributed by atoms with van der Waals surface area (Å²) in [4.78, 5) is 2.06. The summed E-state index contributed by atoms with van der Waals surface area (Å²) < 4.78 is 48.9. The highest BCUT2D eigenvalue weighted by atomic mass is 32.2. The standard InChI is InChI=1S/C14H18F2N2O2S/c15-14(16)21(19,20)13-4-2-1-3-12(13)17-10-7-8-18(9-10)11-5-6-11/h1-4,10-11,14,17H,5-9H2. The number of hydrogen-bond acceptors (Lipinski definition) is 4. The predicted octanol–water partition coefficient (Wildman–Crippen LogP) is 2.33. The van der Waals surface area contributed by atoms with Gasteiger partial charge in [0.25, 0.3) is 0 Å². The van der Waals surface area contributed by atoms with E-state index in [0.29, 0.717) is 6.04 Å². The van der Waals surface area contributed by atoms with E-state index >= 15 is 0 Å². The third-order valence-corrected chi connectivity index (χ3v) is 5.51. The fraction of sp³-hybridized carbons (Fsp3) is 0.571. The van der Waals surface area contributed by atoms with Gasteiger partial charge in [-0.1, -0.05) is 12.1 Å². The summed E-state index contributed by atoms with van der Waals surface area (Å²) in [5.74, 6) is -3.40. The van der Waals surface area contributed by atoms with Gasteiger partial charge in [-0.2, -0.15) is 8.78 Å². The van der Waals surface area contributed by atoms with Gasteiger partial charge in [0.1, 0.15) is 0 Å². The van der Waals surface area contributed by atoms with E-state index in [4.69, 9.17) is 0 Å². The lowest BCUT2D eigenvalue weighted by Gasteiger charge is -2.18. The number of hydrogen-bond donors (Lipinski definition) is 1. The number of nitrogens with one attached hydrogen (secondary N) is 1. The van der Waals surface area contributed by atoms with Crippen LogP contribution in [0.25, 0.3) is 0 Å². The highest BCUT2D eigenvalue weighted by Crippen LogP contribution is 2.32. The molecule has 1 atom stereocenters. The van der Waals surface area contributed by atoms with Crippen LogP contribution >= 0.6 is 0 Å². The summed E-state index contributed by atoms with van der Waals surface area (Å²) in [5, 5.41) is 3.13. The normalized spacial score (nSPS) is 23.7. The quantitative estimate of drug-likeness (QED) is 0.906. The van der Waals surface area contributed by atoms with Crippen LogP contribution in [0, 0.1) is 0 Å². The molecule has 7 heteroatoms. The van der Waals surface area contributed by atoms with Crippen LogP contribution < -0.4 is 5.32 Å². The lowest BCUT2D eigenvalue weighted by molar-refractivity contribution is 0.235. The van der Waals surface area contributed by atoms with Gasteiger partial charge >= 0.3 is 5.76 Å². The first-order valence-electron chi connectivity index (χ1n) is 7.10. The molecular formula is C14H18F2N2O2S. The van der Waals surface area contributed by atoms with Crippen molar-refractivity contribution in [3.8, 4) is 0 Å². The Balaban J connectivity index is 1.77. The van der Waals surface area contributed by atoms with E-state index in [2.05, 4.69) is 10.2 Å². The fourth-order valence-electron chi connectivity index (χ4n) is 2.83. The molecule has 1 unspecified atom stereocenters. The van der Waals surface area contributed by atoms with Gasteiger partial charge in [0.05, 0.1) is 10.6 Å². The van der Waals surface area contributed by atoms with Crippen LogP contribution in [-0.2, 0) is 9.84 Å². The second-order valence-corrected chi connectivity index (χ2v) is 7.54. The maximum absolute atomic E-state index is 12.7. The number of para-hydroxylation sites is 1. The zero-order valence-corrected chi connectivity index (χ0v) is 12.3. The molecule has 1 aliphatic heterocycles. The van der Waals surface area contributed by atoms with Gasteiger partial charge < -0.3 is 5.32 Å². The van der Waals surface area contributed by atoms with Crippen molar-refractivity contribution < 1.29 is 17.2 Å². The van der Waals surface area contributed by atoms with E-state index in [1.165, 1.54) is 25.0 Å². The molecule has 0 spiro atoms. The van der Waals surface area contributed by atoms with Gasteiger partial charge in [0.2, 0.25) is 9.84 Å². The highest BCUT2D eigenvalue weighted by molar-refractivity contribution is 7.91. The first kappa shape index (κ1) is 14.7. The number of nitrogens with zero attached hydrogens (tertiary/aromatic N) is 1. The third kappa shape index (κ3) is 3.03. The van der Waals surface area contributed by atoms with Gasteiger partial charge in [-0.15, -0.1) is 0 Å². The van der Waals surface area contributed by atoms with Crippen LogP contribution in [0.3, 0.4) is 0 Å². The summed E-state index contributed by atoms with van der Waals surface area (Å²) in [7, 11) is -4.58. The lowest BCUT2D eigenvalue weighted by atomic mass is 10.2. The molecule has 0 bridgehead atoms. The molecule has 1 heterocycles. The van der Waals surface area contributed by atoms with E-state index in [1.807, 2.05) is 0 Å². The summed E-state index contributed by atoms with van der Waals surface area (Å²) in [6.45, 7) is 1.82. The number of alkyl halides is 2. The maximum atomic E-state index is 12.7. The van der Waals surface area contributed by atoms with Crippen LogP contribution in [0.2, 0.25) is 0 Å². The van der Waals surface area contributed by atoms with E-state index in [9.17, 15) is 17.2 Å². The van der Waals surface area contributed by atoms with Crippen LogP contribution in [-0.4, -0.2) is 44.2 Å². The van der Waals surface area contributed by atoms with Gasteiger partial charge in [-0.25, -0.2) is 8.42 Å². The molecule has 3 rings (SSSR count). The Hall–Kier alpha value is -1.21. The van der Waals surface area contributed by atoms with Crippen molar-refractivity contribution in [2.75, 3.05) is 18.4 Å². The molecule has 116 valence electrons. The lowest BCUT2D eigenvalue weighted by Crippen LogP contribution is -2.28. The van der Waals surface area contributed by atoms with E-state index in [0.717, 1.165) is 19.5 Å². The molecule has 1 aromatic rings. The number of sulfone groups is 1. The van der Waals surface area contributed by atoms with Crippen molar-refractivity contribution in [1.29, 1.82) is 0 Å². The SMILES string of the molecule is O=S(=O)(c1ccccc1NC1CCN(C2CC2)C1)C(F)F. The topological polar surface area (TPSA) is 49.4 Å². The highest BCUT2D eigenvalue weighted by Gasteiger charge is 2.35. The predicted molar refractivity (Wildman–Crippen MR) is 76.3 cm³/mol. The van der Waals surface area contributed by atoms with Gasteiger partial charge in [-0.05, 0) is 31.4 Å². The molecule has 1 aromatic carbocycles. The molecular weight excluding hydrogens is 298 g/mol. The summed E-state index contributed by atoms with van der Waals surface area (Å²) in [5.41, 5.74) is 0.278. The zero-order chi connectivity index (χ0) is 15.0. The number of likely N-dealkylation sites (tertiary alicyclic amines) is 1. The molecule has 2 aliphatic rings. The molecule has 21 heavy (non-hydrogen) atoms. The molecule has 0 radical (unpaired) electrons. The van der Waals surface area contributed by atoms with Gasteiger partial charge in [0, 0.05) is 25.2 Å². The van der Waals surface area contributed by atoms with Crippen molar-refractivity contribution in [3.63, 3.8) is 0 Å². The Labute approximate surface area is 123 Å². The van der Waals surface area contributed by atoms with Crippen molar-refractivity contribution >= 4 is 15.5 Å². The Morgan fingerprint density at radius 3 is 2.57 bits per heavy atom. The summed E-state index contributed by atoms with van der Waals surface area (Å²) >= 11 is 0. The van der Waals surface area contributed by atoms with Crippen molar-refractivity contribution in [2.45, 2.75) is 42.0 Å². The largest absolute Gasteiger partial charge is 0.380 e. The van der Waals surface area contributed by atoms with Crippen molar-refractivity contribution in [2.24, 2.45) is 0 Å².